The van der Waals surface area contributed by atoms with E-state index in [1.54, 1.807) is 27.7 Å². The monoisotopic (exact) mass is 1990 g/mol. The van der Waals surface area contributed by atoms with Crippen molar-refractivity contribution in [2.75, 3.05) is 39.6 Å². The third-order valence-corrected chi connectivity index (χ3v) is 32.9. The summed E-state index contributed by atoms with van der Waals surface area (Å²) in [5.74, 6) is -7.36. The van der Waals surface area contributed by atoms with Gasteiger partial charge in [0.2, 0.25) is 6.29 Å². The van der Waals surface area contributed by atoms with Crippen LogP contribution in [-0.2, 0) is 104 Å². The molecule has 24 N–H and O–H groups in total. The van der Waals surface area contributed by atoms with Crippen molar-refractivity contribution >= 4 is 30.2 Å². The molecule has 0 aromatic carbocycles. The normalized spacial score (nSPS) is 46.3. The zero-order valence-corrected chi connectivity index (χ0v) is 79.8. The fraction of sp³-hybridized carbons (Fsp3) is 0.924. The van der Waals surface area contributed by atoms with Crippen LogP contribution in [0.3, 0.4) is 0 Å². The smallest absolute Gasteiger partial charge is 0.335 e. The number of allylic oxidation sites excluding steroid dienone is 2. The molecule has 7 heterocycles. The molecular formula is C92H150O46. The number of hydrogen-bond acceptors (Lipinski definition) is 45. The van der Waals surface area contributed by atoms with Gasteiger partial charge >= 0.3 is 23.9 Å². The van der Waals surface area contributed by atoms with E-state index < -0.39 is 372 Å². The highest BCUT2D eigenvalue weighted by atomic mass is 16.8. The molecule has 12 rings (SSSR count). The van der Waals surface area contributed by atoms with Crippen LogP contribution in [0, 0.1) is 62.1 Å². The predicted octanol–water partition coefficient (Wildman–Crippen LogP) is -5.70. The van der Waals surface area contributed by atoms with Crippen molar-refractivity contribution in [2.24, 2.45) is 62.1 Å². The summed E-state index contributed by atoms with van der Waals surface area (Å²) in [7, 11) is 0. The van der Waals surface area contributed by atoms with Gasteiger partial charge in [-0.2, -0.15) is 0 Å². The minimum absolute atomic E-state index is 0.00328. The number of aldehydes is 1. The van der Waals surface area contributed by atoms with Crippen molar-refractivity contribution in [2.45, 2.75) is 431 Å². The first-order valence-corrected chi connectivity index (χ1v) is 48.2. The number of rotatable bonds is 39. The lowest BCUT2D eigenvalue weighted by atomic mass is 9.33. The molecule has 0 bridgehead atoms. The molecule has 0 spiro atoms. The lowest BCUT2D eigenvalue weighted by Crippen LogP contribution is -2.69. The lowest BCUT2D eigenvalue weighted by molar-refractivity contribution is -0.379. The number of hydrogen-bond donors (Lipinski definition) is 24. The van der Waals surface area contributed by atoms with Crippen LogP contribution in [0.1, 0.15) is 186 Å². The van der Waals surface area contributed by atoms with E-state index >= 15 is 4.79 Å². The van der Waals surface area contributed by atoms with Gasteiger partial charge in [0.05, 0.1) is 113 Å². The Balaban J connectivity index is 0.794. The van der Waals surface area contributed by atoms with Gasteiger partial charge < -0.3 is 208 Å². The van der Waals surface area contributed by atoms with Crippen molar-refractivity contribution < 1.29 is 227 Å². The fourth-order valence-corrected chi connectivity index (χ4v) is 23.8. The van der Waals surface area contributed by atoms with Gasteiger partial charge in [-0.25, -0.2) is 4.79 Å². The van der Waals surface area contributed by atoms with Gasteiger partial charge in [0.15, 0.2) is 62.3 Å². The van der Waals surface area contributed by atoms with E-state index in [1.165, 1.54) is 13.8 Å². The minimum atomic E-state index is -2.60. The molecular weight excluding hydrogens is 1840 g/mol. The van der Waals surface area contributed by atoms with E-state index in [1.807, 2.05) is 27.7 Å². The third kappa shape index (κ3) is 22.3. The highest BCUT2D eigenvalue weighted by Gasteiger charge is 2.74. The van der Waals surface area contributed by atoms with E-state index in [4.69, 9.17) is 80.5 Å². The van der Waals surface area contributed by atoms with Gasteiger partial charge in [-0.3, -0.25) is 14.4 Å². The zero-order chi connectivity index (χ0) is 102. The highest BCUT2D eigenvalue weighted by Crippen LogP contribution is 2.76. The fourth-order valence-electron chi connectivity index (χ4n) is 23.8. The number of carbonyl (C=O) groups is 5. The molecule has 138 heavy (non-hydrogen) atoms. The zero-order valence-electron chi connectivity index (χ0n) is 79.8. The van der Waals surface area contributed by atoms with Gasteiger partial charge in [-0.1, -0.05) is 93.7 Å². The van der Waals surface area contributed by atoms with Crippen LogP contribution in [0.2, 0.25) is 0 Å². The Morgan fingerprint density at radius 2 is 1.17 bits per heavy atom. The highest BCUT2D eigenvalue weighted by molar-refractivity contribution is 5.80. The summed E-state index contributed by atoms with van der Waals surface area (Å²) in [5.41, 5.74) is -7.81. The van der Waals surface area contributed by atoms with Crippen molar-refractivity contribution in [1.82, 2.24) is 0 Å². The molecule has 23 unspecified atom stereocenters. The van der Waals surface area contributed by atoms with Crippen LogP contribution in [0.5, 0.6) is 0 Å². The van der Waals surface area contributed by atoms with Crippen LogP contribution >= 0.6 is 0 Å². The average Bonchev–Trinajstić information content (AvgIpc) is 0.943. The molecule has 794 valence electrons. The molecule has 46 heteroatoms. The van der Waals surface area contributed by atoms with E-state index in [-0.39, 0.29) is 69.6 Å². The van der Waals surface area contributed by atoms with E-state index in [9.17, 15) is 142 Å². The number of esters is 3. The molecule has 12 aliphatic rings. The van der Waals surface area contributed by atoms with Crippen LogP contribution in [0.4, 0.5) is 0 Å². The Morgan fingerprint density at radius 3 is 1.79 bits per heavy atom. The first-order valence-electron chi connectivity index (χ1n) is 48.2. The number of aliphatic hydroxyl groups excluding tert-OH is 22. The average molecular weight is 1990 g/mol. The molecule has 4 saturated carbocycles. The summed E-state index contributed by atoms with van der Waals surface area (Å²) in [6, 6.07) is 0. The van der Waals surface area contributed by atoms with Crippen LogP contribution in [0.15, 0.2) is 11.6 Å². The standard InChI is InChI=1S/C92H150O46/c1-13-37(3)49(127-56(104)25-42(99)24-50(38(4)14-2)128-81-63(111)60(108)51(32-95)129-81)23-41(98)26-57(105)131-69-40(6)125-82(73(65(69)113)137-80-64(112)61(109)68(39(5)124-80)133-78-67(115)70(48(102)33-122-78)134-84-75(116)91(121,35-97)36-123-84)138-85(120)92-22-21-86(7,8)28-45(92)44-15-16-53-87(9)19-18-55(88(10,34-96)52(87)17-20-89(53,11)90(44,12)29-54(92)103)130-83-74(132-77(119)62(110)58(106)47(101)31-94)71(66(114)72(136-83)76(117)118)135-79-59(107)46(100)27-43(30-93)126-79/h15,34,37-43,45-55,58-75,77-84,93-95,97-103,106-116,119,121H,13-14,16-33,35-36H2,1-12H3,(H,117,118)/t37-,38-,39?,40?,41-,42-,43?,45?,46?,47?,48?,49-,50-,51-,52?,53?,54+,55-,58-,59?,60?,61?,62?,63?,64?,65?,66-,67?,68-,69+,70-,71?,72?,73?,74?,75?,77+,78+,79-,80-,81+,82-,83+,84-,87-,88-,89+,90+,91?,92+/m0/s1. The number of fused-ring (bicyclic) bond motifs is 7. The Morgan fingerprint density at radius 1 is 0.551 bits per heavy atom. The van der Waals surface area contributed by atoms with Gasteiger partial charge in [0.25, 0.3) is 0 Å². The Labute approximate surface area is 798 Å². The number of carbonyl (C=O) groups excluding carboxylic acids is 4. The molecule has 11 fully saturated rings. The number of aliphatic carboxylic acids is 1. The SMILES string of the molecule is CC[C@H](C)[C@H](C[C@H](O)CC(=O)O[C@@H]1C(C)O[C@@H](OC(=O)[C@]23CCC(C)(C)CC2C2=CCC4[C@@]5(C)CC[C@H](O[C@@H]6OC(C(=O)O)[C@@H](O)C(O[C@@H]7OC(CO)CC(O)C7O)C6O[C@@H](O)C(O)[C@@H](O)C(O)CO)[C@@](C)(C=O)C5CC[C@@]4(C)[C@]2(C)C[C@H]3O)C(O[C@@H]2OC(C)[C@H](O[C@H]3OCC(O)[C@H](O[C@@H]4OCC(O)(CO)C4O)C3O)C(O)C2O)C1O)OC(=O)C[C@@H](O)C[C@H](O[C@@H]1O[C@@H](CO)C(O)C1O)[C@@H](C)CC. The van der Waals surface area contributed by atoms with Crippen LogP contribution in [-0.4, -0.2) is 438 Å². The second-order valence-electron chi connectivity index (χ2n) is 42.4. The van der Waals surface area contributed by atoms with Gasteiger partial charge in [-0.05, 0) is 123 Å². The molecule has 7 saturated heterocycles. The number of ether oxygens (including phenoxy) is 17. The second kappa shape index (κ2) is 45.3. The number of carboxylic acids is 1. The number of aliphatic hydroxyl groups is 23. The largest absolute Gasteiger partial charge is 0.479 e. The Bertz CT molecular complexity index is 4040. The second-order valence-corrected chi connectivity index (χ2v) is 42.4. The summed E-state index contributed by atoms with van der Waals surface area (Å²) in [5, 5.41) is 266. The quantitative estimate of drug-likeness (QED) is 0.00681. The van der Waals surface area contributed by atoms with E-state index in [0.29, 0.717) is 38.4 Å². The molecule has 50 atom stereocenters. The van der Waals surface area contributed by atoms with E-state index in [0.717, 1.165) is 5.57 Å². The Hall–Kier alpha value is -4.19. The summed E-state index contributed by atoms with van der Waals surface area (Å²) < 4.78 is 102. The summed E-state index contributed by atoms with van der Waals surface area (Å²) in [4.78, 5) is 72.0. The van der Waals surface area contributed by atoms with Crippen molar-refractivity contribution in [1.29, 1.82) is 0 Å². The van der Waals surface area contributed by atoms with Crippen LogP contribution < -0.4 is 0 Å². The summed E-state index contributed by atoms with van der Waals surface area (Å²) in [6.45, 7) is 17.2. The lowest BCUT2D eigenvalue weighted by Gasteiger charge is -2.71. The molecule has 46 nitrogen and oxygen atoms in total. The molecule has 0 aromatic heterocycles. The third-order valence-electron chi connectivity index (χ3n) is 32.9. The van der Waals surface area contributed by atoms with Gasteiger partial charge in [0.1, 0.15) is 133 Å². The van der Waals surface area contributed by atoms with Gasteiger partial charge in [0, 0.05) is 19.3 Å². The molecule has 0 aromatic rings. The van der Waals surface area contributed by atoms with Crippen molar-refractivity contribution in [3.05, 3.63) is 11.6 Å². The number of carboxylic acid groups (broad SMARTS) is 1. The van der Waals surface area contributed by atoms with E-state index in [2.05, 4.69) is 19.9 Å². The first kappa shape index (κ1) is 113. The maximum absolute atomic E-state index is 16.4. The van der Waals surface area contributed by atoms with Crippen molar-refractivity contribution in [3.63, 3.8) is 0 Å². The molecule has 0 amide bonds. The van der Waals surface area contributed by atoms with Crippen LogP contribution in [0.25, 0.3) is 0 Å². The predicted molar refractivity (Wildman–Crippen MR) is 460 cm³/mol. The minimum Gasteiger partial charge on any atom is -0.479 e. The summed E-state index contributed by atoms with van der Waals surface area (Å²) in [6.07, 6.45) is -66.6. The maximum Gasteiger partial charge on any atom is 0.335 e. The Kier molecular flexibility index (Phi) is 36.9. The van der Waals surface area contributed by atoms with Crippen molar-refractivity contribution in [3.8, 4) is 0 Å². The molecule has 5 aliphatic carbocycles. The summed E-state index contributed by atoms with van der Waals surface area (Å²) >= 11 is 0. The maximum atomic E-state index is 16.4. The topological polar surface area (TPSA) is 728 Å². The first-order chi connectivity index (χ1) is 64.7. The molecule has 7 aliphatic heterocycles. The molecule has 0 radical (unpaired) electrons. The van der Waals surface area contributed by atoms with Gasteiger partial charge in [-0.15, -0.1) is 0 Å².